The maximum atomic E-state index is 14.0. The standard InChI is InChI=1S/C28H36N2O7/c1-11(2)7-14-9-15(12(3)4)16-8-13-10-17-21(30(5)6)24(33)20(27(29)36)26(35)28(17,37)25(34)18(13)23(32)19(16)22(14)31/h9,11-13,17,21,31-32,35,37H,7-8,10H2,1-6H3,(H2,29,36)/t13-,17-,21-,28-/m0/s1. The van der Waals surface area contributed by atoms with Crippen LogP contribution in [0.3, 0.4) is 0 Å². The fourth-order valence-electron chi connectivity index (χ4n) is 6.51. The number of benzene rings is 1. The van der Waals surface area contributed by atoms with Crippen molar-refractivity contribution in [1.82, 2.24) is 4.90 Å². The van der Waals surface area contributed by atoms with Crippen molar-refractivity contribution in [1.29, 1.82) is 0 Å². The van der Waals surface area contributed by atoms with E-state index in [1.165, 1.54) is 4.90 Å². The molecule has 1 saturated carbocycles. The van der Waals surface area contributed by atoms with E-state index < -0.39 is 58.0 Å². The molecule has 1 aromatic rings. The third kappa shape index (κ3) is 3.78. The molecule has 200 valence electrons. The van der Waals surface area contributed by atoms with Gasteiger partial charge in [0.1, 0.15) is 22.8 Å². The molecule has 1 aromatic carbocycles. The van der Waals surface area contributed by atoms with Crippen LogP contribution in [0, 0.1) is 17.8 Å². The van der Waals surface area contributed by atoms with Gasteiger partial charge in [0.2, 0.25) is 5.78 Å². The first-order chi connectivity index (χ1) is 17.1. The summed E-state index contributed by atoms with van der Waals surface area (Å²) in [5.74, 6) is -5.99. The predicted molar refractivity (Wildman–Crippen MR) is 137 cm³/mol. The number of phenolic OH excluding ortho intramolecular Hbond substituents is 1. The first-order valence-electron chi connectivity index (χ1n) is 12.7. The first kappa shape index (κ1) is 26.9. The summed E-state index contributed by atoms with van der Waals surface area (Å²) in [5, 5.41) is 45.4. The van der Waals surface area contributed by atoms with Gasteiger partial charge in [-0.3, -0.25) is 19.3 Å². The summed E-state index contributed by atoms with van der Waals surface area (Å²) in [6, 6.07) is 0.863. The Balaban J connectivity index is 2.00. The van der Waals surface area contributed by atoms with Crippen molar-refractivity contribution in [3.8, 4) is 5.75 Å². The number of phenols is 1. The Kier molecular flexibility index (Phi) is 6.53. The third-order valence-corrected chi connectivity index (χ3v) is 8.08. The number of aliphatic hydroxyl groups is 3. The van der Waals surface area contributed by atoms with Gasteiger partial charge in [-0.05, 0) is 67.8 Å². The Morgan fingerprint density at radius 1 is 1.16 bits per heavy atom. The summed E-state index contributed by atoms with van der Waals surface area (Å²) in [7, 11) is 3.16. The number of Topliss-reactive ketones (excluding diaryl/α,β-unsaturated/α-hetero) is 2. The minimum atomic E-state index is -2.63. The van der Waals surface area contributed by atoms with Crippen LogP contribution in [0.4, 0.5) is 0 Å². The molecule has 0 radical (unpaired) electrons. The molecule has 1 fully saturated rings. The number of ketones is 2. The molecule has 3 aliphatic rings. The normalized spacial score (nSPS) is 27.7. The second-order valence-electron chi connectivity index (χ2n) is 11.5. The van der Waals surface area contributed by atoms with E-state index in [1.807, 2.05) is 33.8 Å². The molecular formula is C28H36N2O7. The fourth-order valence-corrected chi connectivity index (χ4v) is 6.51. The Bertz CT molecular complexity index is 1270. The highest BCUT2D eigenvalue weighted by Crippen LogP contribution is 2.53. The molecule has 0 bridgehead atoms. The van der Waals surface area contributed by atoms with Crippen molar-refractivity contribution in [2.75, 3.05) is 14.1 Å². The van der Waals surface area contributed by atoms with Gasteiger partial charge in [-0.1, -0.05) is 33.8 Å². The van der Waals surface area contributed by atoms with Crippen molar-refractivity contribution in [2.24, 2.45) is 23.5 Å². The molecule has 0 saturated heterocycles. The number of hydrogen-bond acceptors (Lipinski definition) is 8. The SMILES string of the molecule is CC(C)Cc1cc(C(C)C)c2c(c1O)C(O)=C1C(=O)[C@]3(O)C(O)=C(C(N)=O)C(=O)[C@@H](N(C)C)[C@@H]3C[C@@H]1C2. The lowest BCUT2D eigenvalue weighted by atomic mass is 9.57. The Morgan fingerprint density at radius 2 is 1.78 bits per heavy atom. The molecule has 3 aliphatic carbocycles. The fraction of sp³-hybridized carbons (Fsp3) is 0.536. The first-order valence-corrected chi connectivity index (χ1v) is 12.7. The number of primary amides is 1. The van der Waals surface area contributed by atoms with Crippen molar-refractivity contribution >= 4 is 23.2 Å². The lowest BCUT2D eigenvalue weighted by molar-refractivity contribution is -0.153. The lowest BCUT2D eigenvalue weighted by Crippen LogP contribution is -2.65. The van der Waals surface area contributed by atoms with Gasteiger partial charge < -0.3 is 26.2 Å². The van der Waals surface area contributed by atoms with E-state index in [0.29, 0.717) is 18.4 Å². The molecule has 0 aromatic heterocycles. The number of hydrogen-bond donors (Lipinski definition) is 5. The van der Waals surface area contributed by atoms with Gasteiger partial charge in [-0.15, -0.1) is 0 Å². The van der Waals surface area contributed by atoms with E-state index >= 15 is 0 Å². The number of rotatable bonds is 5. The van der Waals surface area contributed by atoms with Crippen molar-refractivity contribution < 1.29 is 34.8 Å². The topological polar surface area (TPSA) is 161 Å². The van der Waals surface area contributed by atoms with Crippen molar-refractivity contribution in [3.63, 3.8) is 0 Å². The molecule has 0 aliphatic heterocycles. The number of amides is 1. The van der Waals surface area contributed by atoms with E-state index in [2.05, 4.69) is 0 Å². The molecular weight excluding hydrogens is 476 g/mol. The van der Waals surface area contributed by atoms with Crippen LogP contribution in [0.1, 0.15) is 62.3 Å². The second-order valence-corrected chi connectivity index (χ2v) is 11.5. The van der Waals surface area contributed by atoms with Gasteiger partial charge in [-0.25, -0.2) is 0 Å². The van der Waals surface area contributed by atoms with Gasteiger partial charge in [0, 0.05) is 11.5 Å². The monoisotopic (exact) mass is 512 g/mol. The molecule has 9 nitrogen and oxygen atoms in total. The average molecular weight is 513 g/mol. The van der Waals surface area contributed by atoms with Crippen LogP contribution < -0.4 is 5.73 Å². The number of carbonyl (C=O) groups is 3. The second kappa shape index (κ2) is 8.99. The largest absolute Gasteiger partial charge is 0.508 e. The highest BCUT2D eigenvalue weighted by atomic mass is 16.3. The third-order valence-electron chi connectivity index (χ3n) is 8.08. The number of fused-ring (bicyclic) bond motifs is 3. The minimum absolute atomic E-state index is 0.0710. The van der Waals surface area contributed by atoms with E-state index in [-0.39, 0.29) is 35.1 Å². The molecule has 0 heterocycles. The zero-order chi connectivity index (χ0) is 27.7. The number of aromatic hydroxyl groups is 1. The number of nitrogens with zero attached hydrogens (tertiary/aromatic N) is 1. The number of aliphatic hydroxyl groups excluding tert-OH is 2. The maximum Gasteiger partial charge on any atom is 0.255 e. The van der Waals surface area contributed by atoms with Crippen LogP contribution in [0.15, 0.2) is 23.0 Å². The van der Waals surface area contributed by atoms with Crippen LogP contribution in [0.25, 0.3) is 5.76 Å². The summed E-state index contributed by atoms with van der Waals surface area (Å²) in [4.78, 5) is 40.7. The molecule has 0 spiro atoms. The maximum absolute atomic E-state index is 14.0. The van der Waals surface area contributed by atoms with Crippen LogP contribution in [0.2, 0.25) is 0 Å². The van der Waals surface area contributed by atoms with Crippen LogP contribution in [-0.4, -0.2) is 68.5 Å². The van der Waals surface area contributed by atoms with Gasteiger partial charge in [0.15, 0.2) is 11.4 Å². The molecule has 9 heteroatoms. The highest BCUT2D eigenvalue weighted by molar-refractivity contribution is 6.24. The molecule has 4 atom stereocenters. The Morgan fingerprint density at radius 3 is 2.30 bits per heavy atom. The molecule has 0 unspecified atom stereocenters. The average Bonchev–Trinajstić information content (AvgIpc) is 2.77. The van der Waals surface area contributed by atoms with Crippen LogP contribution in [-0.2, 0) is 27.2 Å². The van der Waals surface area contributed by atoms with Gasteiger partial charge >= 0.3 is 0 Å². The quantitative estimate of drug-likeness (QED) is 0.376. The van der Waals surface area contributed by atoms with Gasteiger partial charge in [0.25, 0.3) is 5.91 Å². The van der Waals surface area contributed by atoms with Crippen LogP contribution in [0.5, 0.6) is 5.75 Å². The summed E-state index contributed by atoms with van der Waals surface area (Å²) >= 11 is 0. The summed E-state index contributed by atoms with van der Waals surface area (Å²) in [6.07, 6.45) is 0.943. The van der Waals surface area contributed by atoms with E-state index in [0.717, 1.165) is 11.1 Å². The number of carbonyl (C=O) groups excluding carboxylic acids is 3. The zero-order valence-electron chi connectivity index (χ0n) is 22.1. The van der Waals surface area contributed by atoms with E-state index in [9.17, 15) is 34.8 Å². The molecule has 4 rings (SSSR count). The number of likely N-dealkylation sites (N-methyl/N-ethyl adjacent to an activating group) is 1. The highest BCUT2D eigenvalue weighted by Gasteiger charge is 2.64. The van der Waals surface area contributed by atoms with E-state index in [1.54, 1.807) is 14.1 Å². The van der Waals surface area contributed by atoms with Crippen molar-refractivity contribution in [3.05, 3.63) is 45.2 Å². The summed E-state index contributed by atoms with van der Waals surface area (Å²) < 4.78 is 0. The summed E-state index contributed by atoms with van der Waals surface area (Å²) in [5.41, 5.74) is 4.29. The predicted octanol–water partition coefficient (Wildman–Crippen LogP) is 2.29. The lowest BCUT2D eigenvalue weighted by Gasteiger charge is -2.50. The Labute approximate surface area is 216 Å². The molecule has 1 amide bonds. The van der Waals surface area contributed by atoms with Crippen molar-refractivity contribution in [2.45, 2.75) is 64.5 Å². The van der Waals surface area contributed by atoms with Crippen LogP contribution >= 0.6 is 0 Å². The number of nitrogens with two attached hydrogens (primary N) is 1. The minimum Gasteiger partial charge on any atom is -0.508 e. The van der Waals surface area contributed by atoms with Gasteiger partial charge in [-0.2, -0.15) is 0 Å². The van der Waals surface area contributed by atoms with E-state index in [4.69, 9.17) is 5.73 Å². The molecule has 6 N–H and O–H groups in total. The zero-order valence-corrected chi connectivity index (χ0v) is 22.1. The summed E-state index contributed by atoms with van der Waals surface area (Å²) in [6.45, 7) is 8.06. The Hall–Kier alpha value is -3.17. The smallest absolute Gasteiger partial charge is 0.255 e. The molecule has 37 heavy (non-hydrogen) atoms. The van der Waals surface area contributed by atoms with Gasteiger partial charge in [0.05, 0.1) is 11.6 Å².